The monoisotopic (exact) mass is 333 g/mol. The van der Waals surface area contributed by atoms with Gasteiger partial charge in [-0.05, 0) is 13.0 Å². The molecule has 20 heavy (non-hydrogen) atoms. The van der Waals surface area contributed by atoms with E-state index in [9.17, 15) is 9.90 Å². The minimum absolute atomic E-state index is 0. The summed E-state index contributed by atoms with van der Waals surface area (Å²) in [7, 11) is 0. The molecular formula is C14H26Cl2NNaO2. The van der Waals surface area contributed by atoms with E-state index in [-0.39, 0.29) is 29.6 Å². The van der Waals surface area contributed by atoms with Crippen molar-refractivity contribution in [3.63, 3.8) is 0 Å². The van der Waals surface area contributed by atoms with E-state index in [1.807, 2.05) is 0 Å². The van der Waals surface area contributed by atoms with Crippen LogP contribution in [0.1, 0.15) is 71.1 Å². The summed E-state index contributed by atoms with van der Waals surface area (Å²) in [6, 6.07) is 0. The molecule has 0 amide bonds. The number of carbonyl (C=O) groups is 1. The fraction of sp³-hybridized carbons (Fsp3) is 0.929. The van der Waals surface area contributed by atoms with Gasteiger partial charge in [0.05, 0.1) is 5.97 Å². The number of hydrogen-bond donors (Lipinski definition) is 1. The zero-order chi connectivity index (χ0) is 14.6. The van der Waals surface area contributed by atoms with Gasteiger partial charge in [-0.1, -0.05) is 87.9 Å². The number of carboxylic acid groups (broad SMARTS) is 1. The average Bonchev–Trinajstić information content (AvgIpc) is 2.35. The molecule has 0 spiro atoms. The molecule has 0 saturated heterocycles. The molecule has 0 saturated carbocycles. The van der Waals surface area contributed by atoms with Crippen LogP contribution in [-0.2, 0) is 4.79 Å². The second kappa shape index (κ2) is 14.9. The maximum Gasteiger partial charge on any atom is 1.00 e. The van der Waals surface area contributed by atoms with E-state index in [4.69, 9.17) is 23.2 Å². The molecule has 0 aromatic heterocycles. The van der Waals surface area contributed by atoms with Crippen molar-refractivity contribution >= 4 is 29.2 Å². The Bertz CT molecular complexity index is 241. The van der Waals surface area contributed by atoms with Crippen LogP contribution in [0.3, 0.4) is 0 Å². The Morgan fingerprint density at radius 3 is 1.75 bits per heavy atom. The molecule has 1 N–H and O–H groups in total. The third kappa shape index (κ3) is 14.0. The van der Waals surface area contributed by atoms with Gasteiger partial charge >= 0.3 is 29.6 Å². The second-order valence-corrected chi connectivity index (χ2v) is 6.30. The molecule has 6 heteroatoms. The molecule has 0 atom stereocenters. The number of unbranched alkanes of at least 4 members (excludes halogenated alkanes) is 9. The van der Waals surface area contributed by atoms with Gasteiger partial charge in [-0.15, -0.1) is 0 Å². The number of hydrogen-bond acceptors (Lipinski definition) is 3. The quantitative estimate of drug-likeness (QED) is 0.229. The standard InChI is InChI=1S/C14H27Cl2NO2.Na/c1-2-3-4-5-6-7-8-9-10-11-12-17-14(15,16)13(18)19;/h17H,2-12H2,1H3,(H,18,19);/q;+1/p-1. The Morgan fingerprint density at radius 2 is 1.35 bits per heavy atom. The summed E-state index contributed by atoms with van der Waals surface area (Å²) in [6.45, 7) is 2.72. The summed E-state index contributed by atoms with van der Waals surface area (Å²) in [5.74, 6) is -1.50. The molecule has 3 nitrogen and oxygen atoms in total. The molecular weight excluding hydrogens is 308 g/mol. The number of rotatable bonds is 13. The van der Waals surface area contributed by atoms with Gasteiger partial charge < -0.3 is 9.90 Å². The first-order valence-electron chi connectivity index (χ1n) is 7.35. The van der Waals surface area contributed by atoms with Crippen molar-refractivity contribution in [3.05, 3.63) is 0 Å². The van der Waals surface area contributed by atoms with Gasteiger partial charge in [-0.3, -0.25) is 5.32 Å². The number of carbonyl (C=O) groups excluding carboxylic acids is 1. The molecule has 0 heterocycles. The Balaban J connectivity index is 0. The fourth-order valence-corrected chi connectivity index (χ4v) is 2.12. The van der Waals surface area contributed by atoms with Crippen molar-refractivity contribution in [2.24, 2.45) is 0 Å². The molecule has 0 aromatic rings. The minimum Gasteiger partial charge on any atom is -0.545 e. The number of nitrogens with one attached hydrogen (secondary N) is 1. The normalized spacial score (nSPS) is 11.2. The average molecular weight is 334 g/mol. The zero-order valence-electron chi connectivity index (χ0n) is 12.9. The number of aliphatic carboxylic acids is 1. The minimum atomic E-state index is -1.96. The van der Waals surface area contributed by atoms with E-state index in [1.54, 1.807) is 0 Å². The van der Waals surface area contributed by atoms with Gasteiger partial charge in [0, 0.05) is 0 Å². The Kier molecular flexibility index (Phi) is 17.4. The number of halogens is 2. The van der Waals surface area contributed by atoms with Gasteiger partial charge in [0.15, 0.2) is 0 Å². The molecule has 114 valence electrons. The molecule has 0 aromatic carbocycles. The molecule has 0 aliphatic heterocycles. The van der Waals surface area contributed by atoms with Crippen LogP contribution >= 0.6 is 23.2 Å². The zero-order valence-corrected chi connectivity index (χ0v) is 16.4. The van der Waals surface area contributed by atoms with Crippen LogP contribution in [0, 0.1) is 0 Å². The molecule has 0 unspecified atom stereocenters. The van der Waals surface area contributed by atoms with Crippen LogP contribution in [0.15, 0.2) is 0 Å². The third-order valence-corrected chi connectivity index (χ3v) is 3.71. The number of carboxylic acids is 1. The van der Waals surface area contributed by atoms with Crippen molar-refractivity contribution in [3.8, 4) is 0 Å². The maximum absolute atomic E-state index is 10.5. The van der Waals surface area contributed by atoms with Crippen molar-refractivity contribution in [2.45, 2.75) is 75.6 Å². The van der Waals surface area contributed by atoms with Crippen LogP contribution in [0.2, 0.25) is 0 Å². The summed E-state index contributed by atoms with van der Waals surface area (Å²) in [4.78, 5) is 10.5. The smallest absolute Gasteiger partial charge is 0.545 e. The predicted octanol–water partition coefficient (Wildman–Crippen LogP) is 0.382. The van der Waals surface area contributed by atoms with Crippen molar-refractivity contribution in [1.82, 2.24) is 5.32 Å². The molecule has 0 bridgehead atoms. The van der Waals surface area contributed by atoms with E-state index in [1.165, 1.54) is 51.4 Å². The van der Waals surface area contributed by atoms with E-state index in [0.717, 1.165) is 12.8 Å². The summed E-state index contributed by atoms with van der Waals surface area (Å²) < 4.78 is -1.96. The van der Waals surface area contributed by atoms with Gasteiger partial charge in [-0.2, -0.15) is 0 Å². The predicted molar refractivity (Wildman–Crippen MR) is 79.3 cm³/mol. The molecule has 0 radical (unpaired) electrons. The second-order valence-electron chi connectivity index (χ2n) is 4.97. The summed E-state index contributed by atoms with van der Waals surface area (Å²) in [5.41, 5.74) is 0. The van der Waals surface area contributed by atoms with Crippen molar-refractivity contribution < 1.29 is 39.5 Å². The fourth-order valence-electron chi connectivity index (χ4n) is 1.93. The van der Waals surface area contributed by atoms with E-state index < -0.39 is 10.4 Å². The molecule has 0 fully saturated rings. The molecule has 0 aliphatic rings. The van der Waals surface area contributed by atoms with Crippen LogP contribution in [-0.4, -0.2) is 17.0 Å². The first-order chi connectivity index (χ1) is 9.00. The van der Waals surface area contributed by atoms with Crippen molar-refractivity contribution in [1.29, 1.82) is 0 Å². The van der Waals surface area contributed by atoms with Gasteiger partial charge in [0.25, 0.3) is 0 Å². The first-order valence-corrected chi connectivity index (χ1v) is 8.10. The van der Waals surface area contributed by atoms with Gasteiger partial charge in [0.2, 0.25) is 4.46 Å². The third-order valence-electron chi connectivity index (χ3n) is 3.13. The summed E-state index contributed by atoms with van der Waals surface area (Å²) in [6.07, 6.45) is 12.4. The van der Waals surface area contributed by atoms with Crippen LogP contribution in [0.4, 0.5) is 0 Å². The molecule has 0 rings (SSSR count). The molecule has 0 aliphatic carbocycles. The van der Waals surface area contributed by atoms with Gasteiger partial charge in [0.1, 0.15) is 0 Å². The Hall–Kier alpha value is 1.01. The van der Waals surface area contributed by atoms with Crippen molar-refractivity contribution in [2.75, 3.05) is 6.54 Å². The summed E-state index contributed by atoms with van der Waals surface area (Å²) in [5, 5.41) is 13.0. The topological polar surface area (TPSA) is 52.2 Å². The Labute approximate surface area is 155 Å². The van der Waals surface area contributed by atoms with E-state index in [0.29, 0.717) is 6.54 Å². The van der Waals surface area contributed by atoms with E-state index >= 15 is 0 Å². The summed E-state index contributed by atoms with van der Waals surface area (Å²) >= 11 is 11.0. The maximum atomic E-state index is 10.5. The first kappa shape index (κ1) is 23.3. The number of alkyl halides is 2. The van der Waals surface area contributed by atoms with Crippen LogP contribution in [0.25, 0.3) is 0 Å². The largest absolute Gasteiger partial charge is 1.00 e. The van der Waals surface area contributed by atoms with Crippen LogP contribution < -0.4 is 40.0 Å². The van der Waals surface area contributed by atoms with Crippen LogP contribution in [0.5, 0.6) is 0 Å². The van der Waals surface area contributed by atoms with Gasteiger partial charge in [-0.25, -0.2) is 0 Å². The van der Waals surface area contributed by atoms with E-state index in [2.05, 4.69) is 12.2 Å². The Morgan fingerprint density at radius 1 is 0.950 bits per heavy atom. The SMILES string of the molecule is CCCCCCCCCCCCNC(Cl)(Cl)C(=O)[O-].[Na+].